The van der Waals surface area contributed by atoms with Crippen molar-refractivity contribution in [3.63, 3.8) is 0 Å². The molecule has 0 spiro atoms. The number of nitrogens with zero attached hydrogens (tertiary/aromatic N) is 2. The molecule has 0 bridgehead atoms. The third-order valence-corrected chi connectivity index (χ3v) is 9.35. The molecule has 5 rings (SSSR count). The Kier molecular flexibility index (Phi) is 8.19. The predicted octanol–water partition coefficient (Wildman–Crippen LogP) is 5.96. The molecule has 4 aliphatic carbocycles. The largest absolute Gasteiger partial charge is 0.383 e. The van der Waals surface area contributed by atoms with E-state index in [9.17, 15) is 4.79 Å². The Hall–Kier alpha value is -1.78. The van der Waals surface area contributed by atoms with E-state index in [4.69, 9.17) is 9.73 Å². The molecule has 1 aliphatic heterocycles. The number of allylic oxidation sites excluding steroid dienone is 5. The number of aliphatic imine (C=N–C) groups is 1. The van der Waals surface area contributed by atoms with Crippen molar-refractivity contribution in [2.24, 2.45) is 34.6 Å². The zero-order chi connectivity index (χ0) is 24.2. The number of hydrogen-bond donors (Lipinski definition) is 0. The lowest BCUT2D eigenvalue weighted by Gasteiger charge is -2.42. The summed E-state index contributed by atoms with van der Waals surface area (Å²) in [5.41, 5.74) is 2.87. The van der Waals surface area contributed by atoms with Crippen LogP contribution in [0.25, 0.3) is 0 Å². The van der Waals surface area contributed by atoms with Crippen LogP contribution in [0.1, 0.15) is 64.7 Å². The first-order chi connectivity index (χ1) is 17.2. The highest BCUT2D eigenvalue weighted by Gasteiger charge is 2.45. The van der Waals surface area contributed by atoms with Crippen molar-refractivity contribution in [3.8, 4) is 0 Å². The molecule has 0 saturated heterocycles. The van der Waals surface area contributed by atoms with E-state index < -0.39 is 0 Å². The van der Waals surface area contributed by atoms with E-state index in [1.54, 1.807) is 7.11 Å². The smallest absolute Gasteiger partial charge is 0.150 e. The predicted molar refractivity (Wildman–Crippen MR) is 144 cm³/mol. The molecule has 0 amide bonds. The molecule has 5 aliphatic rings. The molecule has 6 unspecified atom stereocenters. The van der Waals surface area contributed by atoms with Crippen LogP contribution in [-0.2, 0) is 9.53 Å². The number of carbonyl (C=O) groups excluding carboxylic acids is 1. The molecule has 0 aromatic rings. The molecular formula is C31H44N2O2. The quantitative estimate of drug-likeness (QED) is 0.406. The highest BCUT2D eigenvalue weighted by molar-refractivity contribution is 6.00. The van der Waals surface area contributed by atoms with Gasteiger partial charge in [0.2, 0.25) is 0 Å². The lowest BCUT2D eigenvalue weighted by Crippen LogP contribution is -2.45. The molecule has 4 nitrogen and oxygen atoms in total. The standard InChI is InChI=1S/C31H44N2O2/c1-3-33(17-18-35-2)25-15-13-22(14-16-25)19-24-20-28-30(27-12-8-7-11-26(24)27)32-21-29(31(28)34)23-9-5-4-6-10-23/h7-8,11,13,15,20-23,25,27-30H,3-6,9-10,12,14,16-19H2,1-2H3. The zero-order valence-corrected chi connectivity index (χ0v) is 21.8. The minimum absolute atomic E-state index is 0.0273. The van der Waals surface area contributed by atoms with Gasteiger partial charge in [0.1, 0.15) is 0 Å². The van der Waals surface area contributed by atoms with E-state index >= 15 is 0 Å². The van der Waals surface area contributed by atoms with Crippen molar-refractivity contribution < 1.29 is 9.53 Å². The van der Waals surface area contributed by atoms with Crippen molar-refractivity contribution in [1.29, 1.82) is 0 Å². The Morgan fingerprint density at radius 3 is 2.69 bits per heavy atom. The summed E-state index contributed by atoms with van der Waals surface area (Å²) < 4.78 is 5.31. The second-order valence-corrected chi connectivity index (χ2v) is 11.3. The number of ketones is 1. The summed E-state index contributed by atoms with van der Waals surface area (Å²) in [4.78, 5) is 21.4. The van der Waals surface area contributed by atoms with Crippen LogP contribution in [0.15, 0.2) is 52.6 Å². The number of ether oxygens (including phenoxy) is 1. The molecule has 1 heterocycles. The van der Waals surface area contributed by atoms with Crippen LogP contribution in [-0.4, -0.2) is 55.8 Å². The van der Waals surface area contributed by atoms with Crippen molar-refractivity contribution >= 4 is 12.0 Å². The highest BCUT2D eigenvalue weighted by Crippen LogP contribution is 2.46. The number of likely N-dealkylation sites (N-methyl/N-ethyl adjacent to an activating group) is 1. The van der Waals surface area contributed by atoms with Crippen LogP contribution in [0.5, 0.6) is 0 Å². The molecule has 0 aromatic heterocycles. The van der Waals surface area contributed by atoms with Crippen LogP contribution in [0.3, 0.4) is 0 Å². The highest BCUT2D eigenvalue weighted by atomic mass is 16.5. The number of rotatable bonds is 8. The molecule has 0 aromatic carbocycles. The zero-order valence-electron chi connectivity index (χ0n) is 21.8. The molecule has 1 saturated carbocycles. The Bertz CT molecular complexity index is 907. The van der Waals surface area contributed by atoms with Gasteiger partial charge in [-0.05, 0) is 68.1 Å². The Balaban J connectivity index is 1.32. The number of carbonyl (C=O) groups is 1. The summed E-state index contributed by atoms with van der Waals surface area (Å²) in [6, 6.07) is 0.624. The molecule has 4 heteroatoms. The second kappa shape index (κ2) is 11.5. The summed E-state index contributed by atoms with van der Waals surface area (Å²) in [6.45, 7) is 5.08. The van der Waals surface area contributed by atoms with Crippen molar-refractivity contribution in [2.45, 2.75) is 76.8 Å². The van der Waals surface area contributed by atoms with Crippen LogP contribution in [0, 0.1) is 29.6 Å². The van der Waals surface area contributed by atoms with Gasteiger partial charge < -0.3 is 4.74 Å². The maximum absolute atomic E-state index is 13.8. The van der Waals surface area contributed by atoms with Gasteiger partial charge in [-0.15, -0.1) is 0 Å². The minimum Gasteiger partial charge on any atom is -0.383 e. The van der Waals surface area contributed by atoms with E-state index in [1.165, 1.54) is 56.1 Å². The molecule has 6 atom stereocenters. The molecule has 190 valence electrons. The van der Waals surface area contributed by atoms with Gasteiger partial charge in [0.05, 0.1) is 24.5 Å². The van der Waals surface area contributed by atoms with Crippen LogP contribution in [0.2, 0.25) is 0 Å². The Labute approximate surface area is 212 Å². The maximum atomic E-state index is 13.8. The van der Waals surface area contributed by atoms with Gasteiger partial charge in [-0.25, -0.2) is 0 Å². The average molecular weight is 477 g/mol. The topological polar surface area (TPSA) is 41.9 Å². The van der Waals surface area contributed by atoms with Gasteiger partial charge in [0.15, 0.2) is 5.78 Å². The first-order valence-electron chi connectivity index (χ1n) is 14.3. The number of Topliss-reactive ketones (excluding diaryl/α,β-unsaturated/α-hetero) is 1. The SMILES string of the molecule is CCN(CCOC)C1C=CC(CC2=CC3C(=O)C(C4CCCCC4)C=NC3C3CC=CC=C23)CC1. The Morgan fingerprint density at radius 2 is 1.94 bits per heavy atom. The van der Waals surface area contributed by atoms with Crippen LogP contribution >= 0.6 is 0 Å². The summed E-state index contributed by atoms with van der Waals surface area (Å²) in [5.74, 6) is 1.90. The number of hydrogen-bond acceptors (Lipinski definition) is 4. The molecular weight excluding hydrogens is 432 g/mol. The monoisotopic (exact) mass is 476 g/mol. The van der Waals surface area contributed by atoms with Crippen LogP contribution < -0.4 is 0 Å². The summed E-state index contributed by atoms with van der Waals surface area (Å²) in [7, 11) is 1.78. The third-order valence-electron chi connectivity index (χ3n) is 9.35. The normalized spacial score (nSPS) is 35.0. The first kappa shape index (κ1) is 24.9. The summed E-state index contributed by atoms with van der Waals surface area (Å²) in [6.07, 6.45) is 26.8. The molecule has 35 heavy (non-hydrogen) atoms. The molecule has 1 fully saturated rings. The van der Waals surface area contributed by atoms with Crippen molar-refractivity contribution in [2.75, 3.05) is 26.8 Å². The van der Waals surface area contributed by atoms with Gasteiger partial charge in [-0.3, -0.25) is 14.7 Å². The van der Waals surface area contributed by atoms with E-state index in [0.717, 1.165) is 32.5 Å². The minimum atomic E-state index is -0.0273. The maximum Gasteiger partial charge on any atom is 0.150 e. The fraction of sp³-hybridized carbons (Fsp3) is 0.677. The van der Waals surface area contributed by atoms with Gasteiger partial charge in [0.25, 0.3) is 0 Å². The fourth-order valence-electron chi connectivity index (χ4n) is 7.33. The number of methoxy groups -OCH3 is 1. The van der Waals surface area contributed by atoms with E-state index in [-0.39, 0.29) is 17.9 Å². The molecule has 0 N–H and O–H groups in total. The van der Waals surface area contributed by atoms with E-state index in [0.29, 0.717) is 29.6 Å². The van der Waals surface area contributed by atoms with E-state index in [2.05, 4.69) is 54.5 Å². The lowest BCUT2D eigenvalue weighted by atomic mass is 9.64. The van der Waals surface area contributed by atoms with Crippen molar-refractivity contribution in [1.82, 2.24) is 4.90 Å². The Morgan fingerprint density at radius 1 is 1.09 bits per heavy atom. The lowest BCUT2D eigenvalue weighted by molar-refractivity contribution is -0.126. The first-order valence-corrected chi connectivity index (χ1v) is 14.3. The number of fused-ring (bicyclic) bond motifs is 3. The van der Waals surface area contributed by atoms with Crippen LogP contribution in [0.4, 0.5) is 0 Å². The third kappa shape index (κ3) is 5.34. The van der Waals surface area contributed by atoms with Gasteiger partial charge >= 0.3 is 0 Å². The summed E-state index contributed by atoms with van der Waals surface area (Å²) in [5, 5.41) is 0. The fourth-order valence-corrected chi connectivity index (χ4v) is 7.33. The average Bonchev–Trinajstić information content (AvgIpc) is 2.91. The second-order valence-electron chi connectivity index (χ2n) is 11.3. The summed E-state index contributed by atoms with van der Waals surface area (Å²) >= 11 is 0. The van der Waals surface area contributed by atoms with E-state index in [1.807, 2.05) is 0 Å². The van der Waals surface area contributed by atoms with Gasteiger partial charge in [0, 0.05) is 31.8 Å². The van der Waals surface area contributed by atoms with Crippen molar-refractivity contribution in [3.05, 3.63) is 47.6 Å². The molecule has 0 radical (unpaired) electrons. The van der Waals surface area contributed by atoms with Gasteiger partial charge in [-0.1, -0.05) is 62.6 Å². The van der Waals surface area contributed by atoms with Gasteiger partial charge in [-0.2, -0.15) is 0 Å².